The van der Waals surface area contributed by atoms with Crippen molar-refractivity contribution in [3.8, 4) is 0 Å². The van der Waals surface area contributed by atoms with Gasteiger partial charge >= 0.3 is 5.97 Å². The van der Waals surface area contributed by atoms with E-state index in [1.807, 2.05) is 66.7 Å². The Morgan fingerprint density at radius 2 is 1.54 bits per heavy atom. The number of hydrogen-bond donors (Lipinski definition) is 0. The summed E-state index contributed by atoms with van der Waals surface area (Å²) in [6.45, 7) is -0.230. The second kappa shape index (κ2) is 7.79. The molecule has 0 saturated heterocycles. The number of ketones is 1. The Morgan fingerprint density at radius 1 is 0.833 bits per heavy atom. The molecule has 0 fully saturated rings. The molecule has 0 aliphatic carbocycles. The Labute approximate surface area is 144 Å². The van der Waals surface area contributed by atoms with Gasteiger partial charge in [-0.3, -0.25) is 9.59 Å². The topological polar surface area (TPSA) is 43.4 Å². The van der Waals surface area contributed by atoms with Crippen molar-refractivity contribution in [3.63, 3.8) is 0 Å². The SMILES string of the molecule is O=C(CSc1ccccc1)OCC(=O)c1ccc2ccccc2c1. The number of carbonyl (C=O) groups excluding carboxylic acids is 2. The van der Waals surface area contributed by atoms with Crippen LogP contribution < -0.4 is 0 Å². The van der Waals surface area contributed by atoms with Gasteiger partial charge in [0.25, 0.3) is 0 Å². The molecular weight excluding hydrogens is 320 g/mol. The minimum Gasteiger partial charge on any atom is -0.457 e. The van der Waals surface area contributed by atoms with Gasteiger partial charge in [-0.2, -0.15) is 0 Å². The van der Waals surface area contributed by atoms with Gasteiger partial charge in [-0.25, -0.2) is 0 Å². The molecule has 120 valence electrons. The summed E-state index contributed by atoms with van der Waals surface area (Å²) in [5.74, 6) is -0.397. The van der Waals surface area contributed by atoms with Crippen LogP contribution in [-0.4, -0.2) is 24.1 Å². The van der Waals surface area contributed by atoms with E-state index in [2.05, 4.69) is 0 Å². The monoisotopic (exact) mass is 336 g/mol. The summed E-state index contributed by atoms with van der Waals surface area (Å²) >= 11 is 1.39. The maximum atomic E-state index is 12.2. The van der Waals surface area contributed by atoms with E-state index in [0.717, 1.165) is 15.7 Å². The number of esters is 1. The van der Waals surface area contributed by atoms with Crippen molar-refractivity contribution < 1.29 is 14.3 Å². The van der Waals surface area contributed by atoms with E-state index < -0.39 is 5.97 Å². The molecule has 3 rings (SSSR count). The fourth-order valence-corrected chi connectivity index (χ4v) is 3.01. The van der Waals surface area contributed by atoms with Gasteiger partial charge in [-0.1, -0.05) is 54.6 Å². The van der Waals surface area contributed by atoms with Crippen LogP contribution in [0.1, 0.15) is 10.4 Å². The van der Waals surface area contributed by atoms with Gasteiger partial charge in [-0.05, 0) is 29.0 Å². The predicted molar refractivity (Wildman–Crippen MR) is 96.4 cm³/mol. The Balaban J connectivity index is 1.53. The van der Waals surface area contributed by atoms with E-state index in [-0.39, 0.29) is 18.1 Å². The molecule has 3 aromatic carbocycles. The molecule has 0 N–H and O–H groups in total. The number of ether oxygens (including phenoxy) is 1. The average Bonchev–Trinajstić information content (AvgIpc) is 2.65. The summed E-state index contributed by atoms with van der Waals surface area (Å²) in [5, 5.41) is 2.07. The summed E-state index contributed by atoms with van der Waals surface area (Å²) in [6.07, 6.45) is 0. The van der Waals surface area contributed by atoms with E-state index in [1.54, 1.807) is 6.07 Å². The van der Waals surface area contributed by atoms with Crippen LogP contribution in [-0.2, 0) is 9.53 Å². The van der Waals surface area contributed by atoms with Crippen LogP contribution in [0.5, 0.6) is 0 Å². The van der Waals surface area contributed by atoms with Crippen LogP contribution in [0.25, 0.3) is 10.8 Å². The smallest absolute Gasteiger partial charge is 0.316 e. The quantitative estimate of drug-likeness (QED) is 0.381. The third-order valence-electron chi connectivity index (χ3n) is 3.54. The van der Waals surface area contributed by atoms with Crippen molar-refractivity contribution in [1.29, 1.82) is 0 Å². The third-order valence-corrected chi connectivity index (χ3v) is 4.52. The minimum atomic E-state index is -0.391. The third kappa shape index (κ3) is 4.24. The first-order valence-electron chi connectivity index (χ1n) is 7.58. The minimum absolute atomic E-state index is 0.189. The van der Waals surface area contributed by atoms with Crippen LogP contribution >= 0.6 is 11.8 Å². The maximum absolute atomic E-state index is 12.2. The van der Waals surface area contributed by atoms with Crippen LogP contribution in [0.15, 0.2) is 77.7 Å². The standard InChI is InChI=1S/C20H16O3S/c21-19(17-11-10-15-6-4-5-7-16(15)12-17)13-23-20(22)14-24-18-8-2-1-3-9-18/h1-12H,13-14H2. The molecule has 0 saturated carbocycles. The van der Waals surface area contributed by atoms with Gasteiger partial charge < -0.3 is 4.74 Å². The molecule has 0 aromatic heterocycles. The summed E-state index contributed by atoms with van der Waals surface area (Å²) in [6, 6.07) is 22.9. The summed E-state index contributed by atoms with van der Waals surface area (Å²) < 4.78 is 5.08. The lowest BCUT2D eigenvalue weighted by Crippen LogP contribution is -2.15. The normalized spacial score (nSPS) is 10.5. The van der Waals surface area contributed by atoms with E-state index in [4.69, 9.17) is 4.74 Å². The molecular formula is C20H16O3S. The van der Waals surface area contributed by atoms with Crippen LogP contribution in [0.2, 0.25) is 0 Å². The maximum Gasteiger partial charge on any atom is 0.316 e. The van der Waals surface area contributed by atoms with E-state index >= 15 is 0 Å². The van der Waals surface area contributed by atoms with Gasteiger partial charge in [0.15, 0.2) is 12.4 Å². The first-order chi connectivity index (χ1) is 11.7. The number of thioether (sulfide) groups is 1. The molecule has 0 unspecified atom stereocenters. The Morgan fingerprint density at radius 3 is 2.33 bits per heavy atom. The van der Waals surface area contributed by atoms with E-state index in [9.17, 15) is 9.59 Å². The van der Waals surface area contributed by atoms with Crippen LogP contribution in [0, 0.1) is 0 Å². The Hall–Kier alpha value is -2.59. The zero-order chi connectivity index (χ0) is 16.8. The highest BCUT2D eigenvalue weighted by molar-refractivity contribution is 8.00. The molecule has 0 bridgehead atoms. The summed E-state index contributed by atoms with van der Waals surface area (Å²) in [4.78, 5) is 24.9. The Bertz CT molecular complexity index is 859. The molecule has 0 atom stereocenters. The number of hydrogen-bond acceptors (Lipinski definition) is 4. The number of benzene rings is 3. The number of fused-ring (bicyclic) bond motifs is 1. The molecule has 3 nitrogen and oxygen atoms in total. The highest BCUT2D eigenvalue weighted by atomic mass is 32.2. The fourth-order valence-electron chi connectivity index (χ4n) is 2.29. The predicted octanol–water partition coefficient (Wildman–Crippen LogP) is 4.36. The fraction of sp³-hybridized carbons (Fsp3) is 0.100. The van der Waals surface area contributed by atoms with Gasteiger partial charge in [0, 0.05) is 10.5 Å². The van der Waals surface area contributed by atoms with Crippen LogP contribution in [0.3, 0.4) is 0 Å². The van der Waals surface area contributed by atoms with Crippen LogP contribution in [0.4, 0.5) is 0 Å². The molecule has 0 amide bonds. The highest BCUT2D eigenvalue weighted by Crippen LogP contribution is 2.18. The molecule has 0 heterocycles. The molecule has 3 aromatic rings. The number of carbonyl (C=O) groups is 2. The van der Waals surface area contributed by atoms with Gasteiger partial charge in [0.1, 0.15) is 0 Å². The lowest BCUT2D eigenvalue weighted by molar-refractivity contribution is -0.139. The molecule has 0 spiro atoms. The molecule has 4 heteroatoms. The second-order valence-electron chi connectivity index (χ2n) is 5.25. The lowest BCUT2D eigenvalue weighted by atomic mass is 10.0. The van der Waals surface area contributed by atoms with Crippen molar-refractivity contribution in [1.82, 2.24) is 0 Å². The zero-order valence-corrected chi connectivity index (χ0v) is 13.8. The van der Waals surface area contributed by atoms with Crippen molar-refractivity contribution in [2.75, 3.05) is 12.4 Å². The number of rotatable bonds is 6. The molecule has 0 aliphatic heterocycles. The lowest BCUT2D eigenvalue weighted by Gasteiger charge is -2.05. The summed E-state index contributed by atoms with van der Waals surface area (Å²) in [5.41, 5.74) is 0.553. The first-order valence-corrected chi connectivity index (χ1v) is 8.56. The first kappa shape index (κ1) is 16.3. The van der Waals surface area contributed by atoms with Gasteiger partial charge in [0.05, 0.1) is 5.75 Å². The van der Waals surface area contributed by atoms with Crippen molar-refractivity contribution in [2.24, 2.45) is 0 Å². The second-order valence-corrected chi connectivity index (χ2v) is 6.30. The van der Waals surface area contributed by atoms with E-state index in [1.165, 1.54) is 11.8 Å². The van der Waals surface area contributed by atoms with Crippen molar-refractivity contribution >= 4 is 34.3 Å². The molecule has 0 aliphatic rings. The van der Waals surface area contributed by atoms with E-state index in [0.29, 0.717) is 5.56 Å². The largest absolute Gasteiger partial charge is 0.457 e. The van der Waals surface area contributed by atoms with Crippen molar-refractivity contribution in [3.05, 3.63) is 78.4 Å². The molecule has 24 heavy (non-hydrogen) atoms. The zero-order valence-electron chi connectivity index (χ0n) is 13.0. The average molecular weight is 336 g/mol. The van der Waals surface area contributed by atoms with Gasteiger partial charge in [-0.15, -0.1) is 11.8 Å². The Kier molecular flexibility index (Phi) is 5.29. The molecule has 0 radical (unpaired) electrons. The van der Waals surface area contributed by atoms with Crippen molar-refractivity contribution in [2.45, 2.75) is 4.90 Å². The number of Topliss-reactive ketones (excluding diaryl/α,β-unsaturated/α-hetero) is 1. The summed E-state index contributed by atoms with van der Waals surface area (Å²) in [7, 11) is 0. The van der Waals surface area contributed by atoms with Gasteiger partial charge in [0.2, 0.25) is 0 Å². The highest BCUT2D eigenvalue weighted by Gasteiger charge is 2.11.